The molecule has 0 saturated carbocycles. The Labute approximate surface area is 169 Å². The van der Waals surface area contributed by atoms with Crippen molar-refractivity contribution in [2.24, 2.45) is 0 Å². The molecule has 7 nitrogen and oxygen atoms in total. The summed E-state index contributed by atoms with van der Waals surface area (Å²) in [5, 5.41) is 3.82. The van der Waals surface area contributed by atoms with Crippen molar-refractivity contribution in [2.45, 2.75) is 19.0 Å². The first kappa shape index (κ1) is 18.7. The molecule has 0 spiro atoms. The molecular weight excluding hydrogens is 401 g/mol. The topological polar surface area (TPSA) is 69.0 Å². The van der Waals surface area contributed by atoms with Gasteiger partial charge in [-0.25, -0.2) is 9.50 Å². The molecule has 0 unspecified atom stereocenters. The van der Waals surface area contributed by atoms with E-state index in [1.807, 2.05) is 0 Å². The molecule has 30 heavy (non-hydrogen) atoms. The molecule has 4 heterocycles. The first-order chi connectivity index (χ1) is 14.4. The SMILES string of the molecule is O=C(c1cnn2c(C(F)(F)F)cc(-c3ccc4c(c3)OCCO4)nc12)N1CCCC1. The minimum absolute atomic E-state index is 0.0572. The Morgan fingerprint density at radius 1 is 1.03 bits per heavy atom. The molecule has 0 atom stereocenters. The van der Waals surface area contributed by atoms with E-state index < -0.39 is 11.9 Å². The standard InChI is InChI=1S/C20H17F3N4O3/c21-20(22,23)17-10-14(12-3-4-15-16(9-12)30-8-7-29-15)25-18-13(11-24-27(17)18)19(28)26-5-1-2-6-26/h3-4,9-11H,1-2,5-8H2. The zero-order valence-electron chi connectivity index (χ0n) is 15.8. The van der Waals surface area contributed by atoms with Crippen LogP contribution in [0.3, 0.4) is 0 Å². The molecule has 0 aliphatic carbocycles. The summed E-state index contributed by atoms with van der Waals surface area (Å²) in [6.07, 6.45) is -1.78. The van der Waals surface area contributed by atoms with Crippen LogP contribution in [0.4, 0.5) is 13.2 Å². The zero-order valence-corrected chi connectivity index (χ0v) is 15.8. The number of benzene rings is 1. The van der Waals surface area contributed by atoms with E-state index in [0.717, 1.165) is 25.1 Å². The van der Waals surface area contributed by atoms with Crippen LogP contribution >= 0.6 is 0 Å². The highest BCUT2D eigenvalue weighted by Gasteiger charge is 2.36. The van der Waals surface area contributed by atoms with Crippen molar-refractivity contribution in [3.05, 3.63) is 41.7 Å². The van der Waals surface area contributed by atoms with Gasteiger partial charge in [0.1, 0.15) is 18.8 Å². The van der Waals surface area contributed by atoms with Crippen LogP contribution in [0.1, 0.15) is 28.9 Å². The molecular formula is C20H17F3N4O3. The second-order valence-electron chi connectivity index (χ2n) is 7.18. The summed E-state index contributed by atoms with van der Waals surface area (Å²) in [4.78, 5) is 18.8. The summed E-state index contributed by atoms with van der Waals surface area (Å²) in [6, 6.07) is 5.77. The Bertz CT molecular complexity index is 1140. The van der Waals surface area contributed by atoms with Crippen molar-refractivity contribution >= 4 is 11.6 Å². The number of likely N-dealkylation sites (tertiary alicyclic amines) is 1. The number of ether oxygens (including phenoxy) is 2. The van der Waals surface area contributed by atoms with Gasteiger partial charge in [0.2, 0.25) is 0 Å². The van der Waals surface area contributed by atoms with Gasteiger partial charge in [-0.3, -0.25) is 4.79 Å². The predicted octanol–water partition coefficient (Wildman–Crippen LogP) is 3.42. The number of nitrogens with zero attached hydrogens (tertiary/aromatic N) is 4. The second-order valence-corrected chi connectivity index (χ2v) is 7.18. The van der Waals surface area contributed by atoms with E-state index in [2.05, 4.69) is 10.1 Å². The van der Waals surface area contributed by atoms with Gasteiger partial charge in [-0.15, -0.1) is 0 Å². The first-order valence-electron chi connectivity index (χ1n) is 9.57. The van der Waals surface area contributed by atoms with Gasteiger partial charge >= 0.3 is 6.18 Å². The molecule has 0 N–H and O–H groups in total. The van der Waals surface area contributed by atoms with Crippen molar-refractivity contribution in [2.75, 3.05) is 26.3 Å². The maximum Gasteiger partial charge on any atom is 0.433 e. The lowest BCUT2D eigenvalue weighted by molar-refractivity contribution is -0.142. The van der Waals surface area contributed by atoms with Crippen LogP contribution < -0.4 is 9.47 Å². The number of alkyl halides is 3. The average molecular weight is 418 g/mol. The average Bonchev–Trinajstić information content (AvgIpc) is 3.41. The largest absolute Gasteiger partial charge is 0.486 e. The summed E-state index contributed by atoms with van der Waals surface area (Å²) < 4.78 is 53.0. The minimum atomic E-state index is -4.68. The summed E-state index contributed by atoms with van der Waals surface area (Å²) in [5.74, 6) is 0.606. The first-order valence-corrected chi connectivity index (χ1v) is 9.57. The highest BCUT2D eigenvalue weighted by molar-refractivity contribution is 6.00. The molecule has 2 aliphatic heterocycles. The lowest BCUT2D eigenvalue weighted by atomic mass is 10.1. The molecule has 1 amide bonds. The maximum absolute atomic E-state index is 13.8. The van der Waals surface area contributed by atoms with Crippen LogP contribution in [0.25, 0.3) is 16.9 Å². The highest BCUT2D eigenvalue weighted by atomic mass is 19.4. The summed E-state index contributed by atoms with van der Waals surface area (Å²) in [6.45, 7) is 1.91. The van der Waals surface area contributed by atoms with Crippen LogP contribution in [0.2, 0.25) is 0 Å². The molecule has 0 bridgehead atoms. The molecule has 3 aromatic rings. The molecule has 5 rings (SSSR count). The Morgan fingerprint density at radius 3 is 2.50 bits per heavy atom. The van der Waals surface area contributed by atoms with Gasteiger partial charge in [0.15, 0.2) is 22.8 Å². The number of carbonyl (C=O) groups excluding carboxylic acids is 1. The van der Waals surface area contributed by atoms with E-state index in [-0.39, 0.29) is 22.8 Å². The van der Waals surface area contributed by atoms with E-state index in [9.17, 15) is 18.0 Å². The Morgan fingerprint density at radius 2 is 1.77 bits per heavy atom. The summed E-state index contributed by atoms with van der Waals surface area (Å²) in [7, 11) is 0. The van der Waals surface area contributed by atoms with Crippen molar-refractivity contribution in [3.63, 3.8) is 0 Å². The fraction of sp³-hybridized carbons (Fsp3) is 0.350. The molecule has 1 fully saturated rings. The fourth-order valence-corrected chi connectivity index (χ4v) is 3.76. The van der Waals surface area contributed by atoms with Crippen LogP contribution in [-0.2, 0) is 6.18 Å². The van der Waals surface area contributed by atoms with Crippen LogP contribution in [0.5, 0.6) is 11.5 Å². The maximum atomic E-state index is 13.8. The van der Waals surface area contributed by atoms with Crippen molar-refractivity contribution < 1.29 is 27.4 Å². The van der Waals surface area contributed by atoms with Gasteiger partial charge < -0.3 is 14.4 Å². The zero-order chi connectivity index (χ0) is 20.9. The number of hydrogen-bond acceptors (Lipinski definition) is 5. The van der Waals surface area contributed by atoms with E-state index in [4.69, 9.17) is 9.47 Å². The quantitative estimate of drug-likeness (QED) is 0.638. The van der Waals surface area contributed by atoms with Crippen LogP contribution in [0.15, 0.2) is 30.5 Å². The molecule has 156 valence electrons. The minimum Gasteiger partial charge on any atom is -0.486 e. The van der Waals surface area contributed by atoms with Gasteiger partial charge in [0, 0.05) is 18.7 Å². The molecule has 1 saturated heterocycles. The van der Waals surface area contributed by atoms with Gasteiger partial charge in [-0.05, 0) is 37.1 Å². The van der Waals surface area contributed by atoms with E-state index in [1.54, 1.807) is 23.1 Å². The number of carbonyl (C=O) groups is 1. The van der Waals surface area contributed by atoms with Gasteiger partial charge in [0.05, 0.1) is 11.9 Å². The third-order valence-electron chi connectivity index (χ3n) is 5.22. The van der Waals surface area contributed by atoms with Crippen molar-refractivity contribution in [3.8, 4) is 22.8 Å². The lowest BCUT2D eigenvalue weighted by Crippen LogP contribution is -2.27. The lowest BCUT2D eigenvalue weighted by Gasteiger charge is -2.19. The van der Waals surface area contributed by atoms with E-state index >= 15 is 0 Å². The second kappa shape index (κ2) is 6.89. The van der Waals surface area contributed by atoms with E-state index in [1.165, 1.54) is 0 Å². The Kier molecular flexibility index (Phi) is 4.30. The van der Waals surface area contributed by atoms with Gasteiger partial charge in [0.25, 0.3) is 5.91 Å². The smallest absolute Gasteiger partial charge is 0.433 e. The highest BCUT2D eigenvalue weighted by Crippen LogP contribution is 2.37. The molecule has 2 aliphatic rings. The molecule has 0 radical (unpaired) electrons. The van der Waals surface area contributed by atoms with Gasteiger partial charge in [-0.2, -0.15) is 18.3 Å². The number of hydrogen-bond donors (Lipinski definition) is 0. The molecule has 10 heteroatoms. The fourth-order valence-electron chi connectivity index (χ4n) is 3.76. The summed E-state index contributed by atoms with van der Waals surface area (Å²) >= 11 is 0. The number of rotatable bonds is 2. The predicted molar refractivity (Wildman–Crippen MR) is 99.6 cm³/mol. The molecule has 1 aromatic carbocycles. The molecule has 2 aromatic heterocycles. The third-order valence-corrected chi connectivity index (χ3v) is 5.22. The van der Waals surface area contributed by atoms with Gasteiger partial charge in [-0.1, -0.05) is 0 Å². The Hall–Kier alpha value is -3.30. The third kappa shape index (κ3) is 3.12. The van der Waals surface area contributed by atoms with Crippen molar-refractivity contribution in [1.29, 1.82) is 0 Å². The normalized spacial score (nSPS) is 16.3. The monoisotopic (exact) mass is 418 g/mol. The number of fused-ring (bicyclic) bond motifs is 2. The Balaban J connectivity index is 1.67. The van der Waals surface area contributed by atoms with Crippen molar-refractivity contribution in [1.82, 2.24) is 19.5 Å². The van der Waals surface area contributed by atoms with E-state index in [0.29, 0.717) is 47.9 Å². The van der Waals surface area contributed by atoms with Crippen LogP contribution in [0, 0.1) is 0 Å². The number of aromatic nitrogens is 3. The van der Waals surface area contributed by atoms with Crippen LogP contribution in [-0.4, -0.2) is 51.7 Å². The summed E-state index contributed by atoms with van der Waals surface area (Å²) in [5.41, 5.74) is -0.568. The number of halogens is 3. The number of amides is 1.